The van der Waals surface area contributed by atoms with Gasteiger partial charge in [-0.1, -0.05) is 0 Å². The summed E-state index contributed by atoms with van der Waals surface area (Å²) in [4.78, 5) is 30.4. The number of aromatic nitrogens is 2. The summed E-state index contributed by atoms with van der Waals surface area (Å²) in [5.74, 6) is -1.07. The number of hydrogen-bond acceptors (Lipinski definition) is 7. The van der Waals surface area contributed by atoms with Crippen molar-refractivity contribution in [3.8, 4) is 0 Å². The first-order chi connectivity index (χ1) is 10.1. The molecule has 2 rings (SSSR count). The number of pyridine rings is 1. The minimum Gasteiger partial charge on any atom is -0.476 e. The molecule has 0 saturated heterocycles. The number of carboxylic acids is 1. The van der Waals surface area contributed by atoms with E-state index in [2.05, 4.69) is 20.0 Å². The zero-order valence-electron chi connectivity index (χ0n) is 11.2. The molecule has 0 saturated carbocycles. The van der Waals surface area contributed by atoms with Crippen LogP contribution in [0.5, 0.6) is 0 Å². The van der Waals surface area contributed by atoms with Crippen LogP contribution in [0.15, 0.2) is 23.7 Å². The van der Waals surface area contributed by atoms with E-state index >= 15 is 0 Å². The normalized spacial score (nSPS) is 10.1. The fourth-order valence-corrected chi connectivity index (χ4v) is 2.40. The van der Waals surface area contributed by atoms with E-state index in [0.29, 0.717) is 29.4 Å². The van der Waals surface area contributed by atoms with Crippen molar-refractivity contribution < 1.29 is 19.4 Å². The summed E-state index contributed by atoms with van der Waals surface area (Å²) in [6.45, 7) is 0.480. The maximum Gasteiger partial charge on any atom is 0.355 e. The van der Waals surface area contributed by atoms with Crippen LogP contribution in [0.2, 0.25) is 0 Å². The highest BCUT2D eigenvalue weighted by atomic mass is 32.1. The smallest absolute Gasteiger partial charge is 0.355 e. The molecule has 0 aromatic carbocycles. The highest BCUT2D eigenvalue weighted by molar-refractivity contribution is 7.09. The maximum absolute atomic E-state index is 11.6. The maximum atomic E-state index is 11.6. The number of methoxy groups -OCH3 is 1. The number of esters is 1. The van der Waals surface area contributed by atoms with Crippen molar-refractivity contribution >= 4 is 29.1 Å². The van der Waals surface area contributed by atoms with Crippen molar-refractivity contribution in [3.63, 3.8) is 0 Å². The number of nitrogens with one attached hydrogen (secondary N) is 1. The van der Waals surface area contributed by atoms with E-state index in [1.165, 1.54) is 23.8 Å². The molecule has 0 radical (unpaired) electrons. The first kappa shape index (κ1) is 14.9. The second kappa shape index (κ2) is 6.80. The molecule has 7 nitrogen and oxygen atoms in total. The predicted octanol–water partition coefficient (Wildman–Crippen LogP) is 1.68. The Morgan fingerprint density at radius 1 is 1.48 bits per heavy atom. The predicted molar refractivity (Wildman–Crippen MR) is 76.8 cm³/mol. The summed E-state index contributed by atoms with van der Waals surface area (Å²) >= 11 is 1.28. The molecular formula is C13H13N3O4S. The van der Waals surface area contributed by atoms with Crippen LogP contribution in [0.1, 0.15) is 25.9 Å². The molecule has 110 valence electrons. The van der Waals surface area contributed by atoms with Gasteiger partial charge in [0.15, 0.2) is 5.69 Å². The summed E-state index contributed by atoms with van der Waals surface area (Å²) in [6.07, 6.45) is 2.11. The van der Waals surface area contributed by atoms with E-state index in [0.717, 1.165) is 0 Å². The van der Waals surface area contributed by atoms with Crippen molar-refractivity contribution in [3.05, 3.63) is 40.0 Å². The van der Waals surface area contributed by atoms with Gasteiger partial charge < -0.3 is 15.2 Å². The second-order valence-corrected chi connectivity index (χ2v) is 4.94. The van der Waals surface area contributed by atoms with Crippen LogP contribution in [-0.4, -0.2) is 40.7 Å². The number of rotatable bonds is 6. The van der Waals surface area contributed by atoms with Crippen LogP contribution in [-0.2, 0) is 11.2 Å². The lowest BCUT2D eigenvalue weighted by Gasteiger charge is -2.08. The van der Waals surface area contributed by atoms with Crippen molar-refractivity contribution in [2.24, 2.45) is 0 Å². The van der Waals surface area contributed by atoms with Gasteiger partial charge >= 0.3 is 11.9 Å². The molecule has 0 unspecified atom stereocenters. The number of aromatic carboxylic acids is 1. The highest BCUT2D eigenvalue weighted by Gasteiger charge is 2.12. The fraction of sp³-hybridized carbons (Fsp3) is 0.231. The largest absolute Gasteiger partial charge is 0.476 e. The van der Waals surface area contributed by atoms with E-state index < -0.39 is 11.9 Å². The van der Waals surface area contributed by atoms with Crippen LogP contribution in [0, 0.1) is 0 Å². The molecule has 21 heavy (non-hydrogen) atoms. The van der Waals surface area contributed by atoms with Crippen molar-refractivity contribution in [2.75, 3.05) is 19.0 Å². The van der Waals surface area contributed by atoms with Gasteiger partial charge in [0.1, 0.15) is 11.4 Å². The van der Waals surface area contributed by atoms with Crippen molar-refractivity contribution in [1.29, 1.82) is 0 Å². The standard InChI is InChI=1S/C13H13N3O4S/c1-20-13(19)8-3-2-5-14-11(8)15-6-4-10-16-9(7-21-10)12(17)18/h2-3,5,7H,4,6H2,1H3,(H,14,15)(H,17,18). The van der Waals surface area contributed by atoms with Gasteiger partial charge in [-0.3, -0.25) is 0 Å². The van der Waals surface area contributed by atoms with Gasteiger partial charge in [-0.2, -0.15) is 0 Å². The van der Waals surface area contributed by atoms with Gasteiger partial charge in [-0.05, 0) is 12.1 Å². The second-order valence-electron chi connectivity index (χ2n) is 4.00. The molecule has 0 aliphatic rings. The highest BCUT2D eigenvalue weighted by Crippen LogP contribution is 2.14. The van der Waals surface area contributed by atoms with E-state index in [9.17, 15) is 9.59 Å². The first-order valence-corrected chi connectivity index (χ1v) is 6.94. The first-order valence-electron chi connectivity index (χ1n) is 6.06. The fourth-order valence-electron chi connectivity index (χ4n) is 1.63. The molecule has 2 heterocycles. The molecule has 0 atom stereocenters. The molecule has 2 aromatic rings. The Bertz CT molecular complexity index is 656. The number of thiazole rings is 1. The third kappa shape index (κ3) is 3.76. The molecule has 0 bridgehead atoms. The molecule has 8 heteroatoms. The van der Waals surface area contributed by atoms with Gasteiger partial charge in [0.25, 0.3) is 0 Å². The Kier molecular flexibility index (Phi) is 4.83. The summed E-state index contributed by atoms with van der Waals surface area (Å²) in [6, 6.07) is 3.27. The third-order valence-electron chi connectivity index (χ3n) is 2.62. The summed E-state index contributed by atoms with van der Waals surface area (Å²) in [5, 5.41) is 14.0. The van der Waals surface area contributed by atoms with Crippen molar-refractivity contribution in [2.45, 2.75) is 6.42 Å². The molecule has 2 N–H and O–H groups in total. The van der Waals surface area contributed by atoms with Crippen LogP contribution >= 0.6 is 11.3 Å². The monoisotopic (exact) mass is 307 g/mol. The summed E-state index contributed by atoms with van der Waals surface area (Å²) in [7, 11) is 1.31. The van der Waals surface area contributed by atoms with E-state index in [4.69, 9.17) is 5.11 Å². The average Bonchev–Trinajstić information content (AvgIpc) is 2.96. The minimum atomic E-state index is -1.04. The molecule has 0 amide bonds. The Morgan fingerprint density at radius 3 is 2.95 bits per heavy atom. The van der Waals surface area contributed by atoms with Gasteiger partial charge in [0, 0.05) is 24.5 Å². The molecule has 0 spiro atoms. The number of anilines is 1. The van der Waals surface area contributed by atoms with Crippen molar-refractivity contribution in [1.82, 2.24) is 9.97 Å². The van der Waals surface area contributed by atoms with E-state index in [-0.39, 0.29) is 5.69 Å². The molecule has 0 aliphatic heterocycles. The summed E-state index contributed by atoms with van der Waals surface area (Å²) < 4.78 is 4.68. The SMILES string of the molecule is COC(=O)c1cccnc1NCCc1nc(C(=O)O)cs1. The number of hydrogen-bond donors (Lipinski definition) is 2. The Labute approximate surface area is 124 Å². The number of ether oxygens (including phenoxy) is 1. The average molecular weight is 307 g/mol. The zero-order valence-corrected chi connectivity index (χ0v) is 12.0. The molecule has 2 aromatic heterocycles. The topological polar surface area (TPSA) is 101 Å². The number of carbonyl (C=O) groups excluding carboxylic acids is 1. The Morgan fingerprint density at radius 2 is 2.29 bits per heavy atom. The summed E-state index contributed by atoms with van der Waals surface area (Å²) in [5.41, 5.74) is 0.397. The van der Waals surface area contributed by atoms with Crippen LogP contribution in [0.4, 0.5) is 5.82 Å². The molecule has 0 aliphatic carbocycles. The van der Waals surface area contributed by atoms with Gasteiger partial charge in [0.05, 0.1) is 12.1 Å². The van der Waals surface area contributed by atoms with Crippen LogP contribution in [0.3, 0.4) is 0 Å². The minimum absolute atomic E-state index is 0.0445. The number of carbonyl (C=O) groups is 2. The van der Waals surface area contributed by atoms with E-state index in [1.807, 2.05) is 0 Å². The Balaban J connectivity index is 1.97. The lowest BCUT2D eigenvalue weighted by atomic mass is 10.2. The lowest BCUT2D eigenvalue weighted by molar-refractivity contribution is 0.0600. The third-order valence-corrected chi connectivity index (χ3v) is 3.52. The van der Waals surface area contributed by atoms with Crippen LogP contribution < -0.4 is 5.32 Å². The van der Waals surface area contributed by atoms with Gasteiger partial charge in [0.2, 0.25) is 0 Å². The quantitative estimate of drug-likeness (QED) is 0.783. The Hall–Kier alpha value is -2.48. The number of nitrogens with zero attached hydrogens (tertiary/aromatic N) is 2. The molecule has 0 fully saturated rings. The number of carboxylic acid groups (broad SMARTS) is 1. The van der Waals surface area contributed by atoms with Crippen LogP contribution in [0.25, 0.3) is 0 Å². The molecular weight excluding hydrogens is 294 g/mol. The zero-order chi connectivity index (χ0) is 15.2. The lowest BCUT2D eigenvalue weighted by Crippen LogP contribution is -2.12. The van der Waals surface area contributed by atoms with Gasteiger partial charge in [-0.15, -0.1) is 11.3 Å². The van der Waals surface area contributed by atoms with E-state index in [1.54, 1.807) is 18.3 Å². The van der Waals surface area contributed by atoms with Gasteiger partial charge in [-0.25, -0.2) is 19.6 Å².